The minimum absolute atomic E-state index is 0.0261. The molecular weight excluding hydrogens is 304 g/mol. The molecule has 7 nitrogen and oxygen atoms in total. The van der Waals surface area contributed by atoms with Crippen molar-refractivity contribution in [3.63, 3.8) is 0 Å². The van der Waals surface area contributed by atoms with E-state index in [1.807, 2.05) is 0 Å². The number of hydrogen-bond donors (Lipinski definition) is 1. The van der Waals surface area contributed by atoms with Gasteiger partial charge in [0.1, 0.15) is 5.15 Å². The van der Waals surface area contributed by atoms with Crippen molar-refractivity contribution in [1.82, 2.24) is 19.2 Å². The van der Waals surface area contributed by atoms with E-state index in [0.717, 1.165) is 0 Å². The van der Waals surface area contributed by atoms with Crippen LogP contribution in [0, 0.1) is 0 Å². The first-order valence-corrected chi connectivity index (χ1v) is 8.08. The quantitative estimate of drug-likeness (QED) is 0.871. The van der Waals surface area contributed by atoms with Crippen molar-refractivity contribution < 1.29 is 13.2 Å². The van der Waals surface area contributed by atoms with Gasteiger partial charge in [0.15, 0.2) is 0 Å². The van der Waals surface area contributed by atoms with Gasteiger partial charge in [-0.2, -0.15) is 4.31 Å². The van der Waals surface area contributed by atoms with Gasteiger partial charge in [0.25, 0.3) is 10.0 Å². The third-order valence-corrected chi connectivity index (χ3v) is 5.67. The Morgan fingerprint density at radius 2 is 2.05 bits per heavy atom. The lowest BCUT2D eigenvalue weighted by molar-refractivity contribution is -0.119. The van der Waals surface area contributed by atoms with Crippen molar-refractivity contribution in [2.45, 2.75) is 30.8 Å². The Bertz CT molecular complexity index is 605. The first-order valence-electron chi connectivity index (χ1n) is 6.26. The molecule has 0 aliphatic carbocycles. The number of rotatable bonds is 3. The fourth-order valence-electron chi connectivity index (χ4n) is 2.22. The van der Waals surface area contributed by atoms with Crippen LogP contribution in [0.5, 0.6) is 0 Å². The van der Waals surface area contributed by atoms with Gasteiger partial charge in [0.2, 0.25) is 10.9 Å². The van der Waals surface area contributed by atoms with Crippen molar-refractivity contribution in [2.75, 3.05) is 13.1 Å². The maximum absolute atomic E-state index is 12.4. The zero-order valence-corrected chi connectivity index (χ0v) is 12.9. The molecule has 0 unspecified atom stereocenters. The molecule has 1 aliphatic heterocycles. The van der Waals surface area contributed by atoms with Crippen LogP contribution >= 0.6 is 11.6 Å². The number of nitrogens with zero attached hydrogens (tertiary/aromatic N) is 3. The molecule has 20 heavy (non-hydrogen) atoms. The summed E-state index contributed by atoms with van der Waals surface area (Å²) in [5, 5.41) is 2.80. The van der Waals surface area contributed by atoms with Crippen LogP contribution in [0.2, 0.25) is 5.15 Å². The maximum atomic E-state index is 12.4. The van der Waals surface area contributed by atoms with Gasteiger partial charge < -0.3 is 9.88 Å². The summed E-state index contributed by atoms with van der Waals surface area (Å²) in [6, 6.07) is 0.0261. The lowest BCUT2D eigenvalue weighted by Gasteiger charge is -2.30. The van der Waals surface area contributed by atoms with Gasteiger partial charge in [-0.25, -0.2) is 13.4 Å². The van der Waals surface area contributed by atoms with Gasteiger partial charge in [-0.15, -0.1) is 0 Å². The van der Waals surface area contributed by atoms with Crippen LogP contribution in [0.3, 0.4) is 0 Å². The molecule has 1 aromatic rings. The molecule has 1 N–H and O–H groups in total. The summed E-state index contributed by atoms with van der Waals surface area (Å²) in [5.74, 6) is -0.0981. The monoisotopic (exact) mass is 320 g/mol. The lowest BCUT2D eigenvalue weighted by atomic mass is 10.1. The number of hydrogen-bond acceptors (Lipinski definition) is 4. The second-order valence-electron chi connectivity index (χ2n) is 4.83. The maximum Gasteiger partial charge on any atom is 0.263 e. The van der Waals surface area contributed by atoms with Crippen molar-refractivity contribution in [3.8, 4) is 0 Å². The minimum Gasteiger partial charge on any atom is -0.354 e. The molecule has 2 rings (SSSR count). The molecule has 1 amide bonds. The number of amides is 1. The number of sulfonamides is 1. The molecule has 1 fully saturated rings. The predicted octanol–water partition coefficient (Wildman–Crippen LogP) is 0.363. The number of carbonyl (C=O) groups excluding carboxylic acids is 1. The largest absolute Gasteiger partial charge is 0.354 e. The first kappa shape index (κ1) is 15.3. The van der Waals surface area contributed by atoms with E-state index in [1.165, 1.54) is 22.1 Å². The summed E-state index contributed by atoms with van der Waals surface area (Å²) in [7, 11) is -2.03. The first-order chi connectivity index (χ1) is 9.32. The average Bonchev–Trinajstić information content (AvgIpc) is 2.70. The second kappa shape index (κ2) is 5.71. The summed E-state index contributed by atoms with van der Waals surface area (Å²) < 4.78 is 27.7. The molecule has 9 heteroatoms. The highest BCUT2D eigenvalue weighted by molar-refractivity contribution is 7.89. The van der Waals surface area contributed by atoms with Crippen LogP contribution in [0.15, 0.2) is 11.4 Å². The van der Waals surface area contributed by atoms with Gasteiger partial charge in [-0.3, -0.25) is 4.79 Å². The molecule has 0 spiro atoms. The van der Waals surface area contributed by atoms with E-state index in [1.54, 1.807) is 7.05 Å². The number of aryl methyl sites for hydroxylation is 1. The highest BCUT2D eigenvalue weighted by Gasteiger charge is 2.33. The Hall–Kier alpha value is -1.12. The fraction of sp³-hybridized carbons (Fsp3) is 0.636. The van der Waals surface area contributed by atoms with Crippen LogP contribution in [0.25, 0.3) is 0 Å². The average molecular weight is 321 g/mol. The van der Waals surface area contributed by atoms with Crippen LogP contribution in [-0.2, 0) is 21.9 Å². The van der Waals surface area contributed by atoms with Crippen molar-refractivity contribution in [2.24, 2.45) is 7.05 Å². The van der Waals surface area contributed by atoms with E-state index in [2.05, 4.69) is 10.3 Å². The van der Waals surface area contributed by atoms with Crippen LogP contribution in [0.4, 0.5) is 0 Å². The molecule has 112 valence electrons. The molecule has 0 radical (unpaired) electrons. The Balaban J connectivity index is 2.10. The summed E-state index contributed by atoms with van der Waals surface area (Å²) in [6.07, 6.45) is 2.55. The third-order valence-electron chi connectivity index (χ3n) is 3.28. The van der Waals surface area contributed by atoms with Gasteiger partial charge in [0.05, 0.1) is 6.33 Å². The smallest absolute Gasteiger partial charge is 0.263 e. The zero-order chi connectivity index (χ0) is 14.9. The van der Waals surface area contributed by atoms with Gasteiger partial charge >= 0.3 is 0 Å². The minimum atomic E-state index is -3.67. The lowest BCUT2D eigenvalue weighted by Crippen LogP contribution is -2.46. The molecule has 0 bridgehead atoms. The Labute approximate surface area is 123 Å². The van der Waals surface area contributed by atoms with Gasteiger partial charge in [-0.05, 0) is 12.8 Å². The number of halogens is 1. The molecule has 2 heterocycles. The molecule has 0 atom stereocenters. The topological polar surface area (TPSA) is 84.3 Å². The van der Waals surface area contributed by atoms with Crippen LogP contribution in [-0.4, -0.2) is 47.3 Å². The van der Waals surface area contributed by atoms with Gasteiger partial charge in [-0.1, -0.05) is 11.6 Å². The normalized spacial score (nSPS) is 18.1. The highest BCUT2D eigenvalue weighted by Crippen LogP contribution is 2.25. The Morgan fingerprint density at radius 1 is 1.45 bits per heavy atom. The Kier molecular flexibility index (Phi) is 4.36. The van der Waals surface area contributed by atoms with E-state index in [-0.39, 0.29) is 22.1 Å². The van der Waals surface area contributed by atoms with Crippen LogP contribution < -0.4 is 5.32 Å². The van der Waals surface area contributed by atoms with E-state index >= 15 is 0 Å². The SMILES string of the molecule is CC(=O)NC1CCN(S(=O)(=O)c2ncn(C)c2Cl)CC1. The number of carbonyl (C=O) groups is 1. The van der Waals surface area contributed by atoms with E-state index in [9.17, 15) is 13.2 Å². The molecule has 1 aliphatic rings. The van der Waals surface area contributed by atoms with Crippen molar-refractivity contribution in [3.05, 3.63) is 11.5 Å². The summed E-state index contributed by atoms with van der Waals surface area (Å²) >= 11 is 5.95. The predicted molar refractivity (Wildman–Crippen MR) is 73.8 cm³/mol. The van der Waals surface area contributed by atoms with E-state index < -0.39 is 10.0 Å². The zero-order valence-electron chi connectivity index (χ0n) is 11.3. The number of piperidine rings is 1. The number of nitrogens with one attached hydrogen (secondary N) is 1. The number of aromatic nitrogens is 2. The second-order valence-corrected chi connectivity index (χ2v) is 7.04. The summed E-state index contributed by atoms with van der Waals surface area (Å²) in [5.41, 5.74) is 0. The van der Waals surface area contributed by atoms with Crippen molar-refractivity contribution in [1.29, 1.82) is 0 Å². The fourth-order valence-corrected chi connectivity index (χ4v) is 4.08. The molecule has 1 aromatic heterocycles. The third kappa shape index (κ3) is 2.97. The standard InChI is InChI=1S/C11H17ClN4O3S/c1-8(17)14-9-3-5-16(6-4-9)20(18,19)11-10(12)15(2)7-13-11/h7,9H,3-6H2,1-2H3,(H,14,17). The highest BCUT2D eigenvalue weighted by atomic mass is 35.5. The molecular formula is C11H17ClN4O3S. The van der Waals surface area contributed by atoms with Gasteiger partial charge in [0, 0.05) is 33.1 Å². The van der Waals surface area contributed by atoms with E-state index in [0.29, 0.717) is 25.9 Å². The Morgan fingerprint density at radius 3 is 2.50 bits per heavy atom. The van der Waals surface area contributed by atoms with Crippen molar-refractivity contribution >= 4 is 27.5 Å². The molecule has 1 saturated heterocycles. The number of imidazole rings is 1. The van der Waals surface area contributed by atoms with Crippen LogP contribution in [0.1, 0.15) is 19.8 Å². The van der Waals surface area contributed by atoms with E-state index in [4.69, 9.17) is 11.6 Å². The summed E-state index contributed by atoms with van der Waals surface area (Å²) in [6.45, 7) is 2.15. The molecule has 0 saturated carbocycles. The molecule has 0 aromatic carbocycles. The summed E-state index contributed by atoms with van der Waals surface area (Å²) in [4.78, 5) is 14.8.